The Kier molecular flexibility index (Phi) is 8.82. The number of piperidine rings is 1. The number of fused-ring (bicyclic) bond motifs is 1. The fraction of sp³-hybridized carbons (Fsp3) is 0.394. The van der Waals surface area contributed by atoms with E-state index in [9.17, 15) is 9.18 Å². The molecule has 0 unspecified atom stereocenters. The molecule has 4 aromatic rings. The lowest BCUT2D eigenvalue weighted by Gasteiger charge is -2.31. The molecule has 0 amide bonds. The average molecular weight is 663 g/mol. The number of halogens is 2. The number of ether oxygens (including phenoxy) is 3. The minimum Gasteiger partial charge on any atom is -0.484 e. The zero-order valence-electron chi connectivity index (χ0n) is 24.5. The molecule has 2 aliphatic rings. The van der Waals surface area contributed by atoms with E-state index >= 15 is 0 Å². The van der Waals surface area contributed by atoms with Gasteiger partial charge in [0.2, 0.25) is 12.4 Å². The lowest BCUT2D eigenvalue weighted by atomic mass is 10.1. The van der Waals surface area contributed by atoms with Gasteiger partial charge in [-0.25, -0.2) is 25.7 Å². The molecule has 2 fully saturated rings. The lowest BCUT2D eigenvalue weighted by molar-refractivity contribution is 0.0601. The molecule has 0 atom stereocenters. The van der Waals surface area contributed by atoms with Gasteiger partial charge in [-0.3, -0.25) is 4.90 Å². The van der Waals surface area contributed by atoms with Crippen LogP contribution in [0.1, 0.15) is 47.6 Å². The normalized spacial score (nSPS) is 16.4. The van der Waals surface area contributed by atoms with Crippen LogP contribution in [0.5, 0.6) is 11.6 Å². The Morgan fingerprint density at radius 2 is 1.95 bits per heavy atom. The van der Waals surface area contributed by atoms with Crippen LogP contribution in [-0.2, 0) is 24.4 Å². The summed E-state index contributed by atoms with van der Waals surface area (Å²) in [7, 11) is 1.38. The fourth-order valence-electron chi connectivity index (χ4n) is 5.66. The van der Waals surface area contributed by atoms with Crippen molar-refractivity contribution >= 4 is 32.9 Å². The minimum absolute atomic E-state index is 0.0219. The van der Waals surface area contributed by atoms with Gasteiger partial charge in [0.05, 0.1) is 41.4 Å². The molecule has 0 spiro atoms. The number of nitrogens with zero attached hydrogens (tertiary/aromatic N) is 5. The summed E-state index contributed by atoms with van der Waals surface area (Å²) in [5, 5.41) is 0. The predicted octanol–water partition coefficient (Wildman–Crippen LogP) is 6.44. The quantitative estimate of drug-likeness (QED) is 0.135. The number of carbonyl (C=O) groups is 1. The molecular formula is C33H33BrFN5O4. The zero-order valence-corrected chi connectivity index (χ0v) is 26.1. The van der Waals surface area contributed by atoms with E-state index < -0.39 is 5.82 Å². The van der Waals surface area contributed by atoms with Gasteiger partial charge >= 0.3 is 5.97 Å². The minimum atomic E-state index is -0.435. The molecule has 2 aromatic carbocycles. The summed E-state index contributed by atoms with van der Waals surface area (Å²) in [6.45, 7) is 11.1. The van der Waals surface area contributed by atoms with Gasteiger partial charge in [0.1, 0.15) is 18.5 Å². The number of hydrogen-bond donors (Lipinski definition) is 0. The third-order valence-corrected chi connectivity index (χ3v) is 8.84. The molecule has 228 valence electrons. The third kappa shape index (κ3) is 6.87. The highest BCUT2D eigenvalue weighted by molar-refractivity contribution is 9.10. The first-order chi connectivity index (χ1) is 21.3. The third-order valence-electron chi connectivity index (χ3n) is 8.35. The van der Waals surface area contributed by atoms with Gasteiger partial charge in [-0.1, -0.05) is 22.0 Å². The fourth-order valence-corrected chi connectivity index (χ4v) is 6.00. The number of likely N-dealkylation sites (tertiary alicyclic amines) is 1. The Morgan fingerprint density at radius 1 is 1.14 bits per heavy atom. The molecule has 11 heteroatoms. The van der Waals surface area contributed by atoms with E-state index in [1.54, 1.807) is 18.2 Å². The van der Waals surface area contributed by atoms with Crippen molar-refractivity contribution in [3.05, 3.63) is 93.4 Å². The Balaban J connectivity index is 1.09. The van der Waals surface area contributed by atoms with Crippen molar-refractivity contribution in [3.63, 3.8) is 0 Å². The first kappa shape index (κ1) is 30.0. The van der Waals surface area contributed by atoms with Crippen LogP contribution in [0.4, 0.5) is 4.39 Å². The summed E-state index contributed by atoms with van der Waals surface area (Å²) in [5.41, 5.74) is 2.86. The Labute approximate surface area is 263 Å². The summed E-state index contributed by atoms with van der Waals surface area (Å²) < 4.78 is 33.8. The van der Waals surface area contributed by atoms with Gasteiger partial charge in [-0.15, -0.1) is 0 Å². The number of imidazole rings is 1. The number of methoxy groups -OCH3 is 1. The van der Waals surface area contributed by atoms with Gasteiger partial charge in [-0.05, 0) is 68.1 Å². The topological polar surface area (TPSA) is 83.1 Å². The van der Waals surface area contributed by atoms with Crippen molar-refractivity contribution in [3.8, 4) is 11.6 Å². The van der Waals surface area contributed by atoms with E-state index in [1.807, 2.05) is 30.3 Å². The van der Waals surface area contributed by atoms with Crippen LogP contribution in [0.25, 0.3) is 15.9 Å². The number of esters is 1. The molecule has 0 N–H and O–H groups in total. The number of hydrogen-bond acceptors (Lipinski definition) is 7. The standard InChI is InChI=1S/C33H33BrFN5O4/c1-36-20-33(12-13-33)21-40-28-16-22(32(41)42-2)6-8-27(28)38-30(40)18-39-14-10-25(11-15-39)44-31-5-3-4-24(37-31)19-43-29-9-7-23(34)17-26(29)35/h3-9,16-17,25H,10-15,18-21H2,2H3. The van der Waals surface area contributed by atoms with Crippen molar-refractivity contribution in [1.82, 2.24) is 19.4 Å². The van der Waals surface area contributed by atoms with E-state index in [0.717, 1.165) is 55.6 Å². The second-order valence-electron chi connectivity index (χ2n) is 11.5. The molecule has 1 saturated carbocycles. The molecule has 3 heterocycles. The highest BCUT2D eigenvalue weighted by Crippen LogP contribution is 2.48. The summed E-state index contributed by atoms with van der Waals surface area (Å²) in [5.74, 6) is 0.824. The highest BCUT2D eigenvalue weighted by Gasteiger charge is 2.47. The smallest absolute Gasteiger partial charge is 0.337 e. The Bertz CT molecular complexity index is 1710. The molecule has 0 bridgehead atoms. The van der Waals surface area contributed by atoms with E-state index in [2.05, 4.69) is 35.2 Å². The van der Waals surface area contributed by atoms with E-state index in [4.69, 9.17) is 25.8 Å². The number of benzene rings is 2. The van der Waals surface area contributed by atoms with E-state index in [-0.39, 0.29) is 29.8 Å². The second-order valence-corrected chi connectivity index (χ2v) is 12.5. The van der Waals surface area contributed by atoms with E-state index in [0.29, 0.717) is 41.2 Å². The van der Waals surface area contributed by atoms with Crippen LogP contribution in [-0.4, -0.2) is 58.3 Å². The van der Waals surface area contributed by atoms with Gasteiger partial charge in [0.15, 0.2) is 11.6 Å². The summed E-state index contributed by atoms with van der Waals surface area (Å²) >= 11 is 3.25. The van der Waals surface area contributed by atoms with E-state index in [1.165, 1.54) is 13.2 Å². The summed E-state index contributed by atoms with van der Waals surface area (Å²) in [4.78, 5) is 27.9. The van der Waals surface area contributed by atoms with Crippen LogP contribution in [0, 0.1) is 17.8 Å². The van der Waals surface area contributed by atoms with Crippen LogP contribution in [0.3, 0.4) is 0 Å². The van der Waals surface area contributed by atoms with Crippen molar-refractivity contribution in [2.45, 2.75) is 51.5 Å². The lowest BCUT2D eigenvalue weighted by Crippen LogP contribution is -2.38. The largest absolute Gasteiger partial charge is 0.484 e. The summed E-state index contributed by atoms with van der Waals surface area (Å²) in [6, 6.07) is 15.7. The van der Waals surface area contributed by atoms with Gasteiger partial charge in [-0.2, -0.15) is 0 Å². The number of aromatic nitrogens is 3. The first-order valence-electron chi connectivity index (χ1n) is 14.7. The van der Waals surface area contributed by atoms with Gasteiger partial charge in [0.25, 0.3) is 0 Å². The molecule has 1 aliphatic carbocycles. The zero-order chi connectivity index (χ0) is 30.7. The monoisotopic (exact) mass is 661 g/mol. The van der Waals surface area contributed by atoms with Crippen molar-refractivity contribution in [2.75, 3.05) is 26.7 Å². The maximum atomic E-state index is 14.1. The maximum absolute atomic E-state index is 14.1. The maximum Gasteiger partial charge on any atom is 0.337 e. The second kappa shape index (κ2) is 12.9. The molecule has 44 heavy (non-hydrogen) atoms. The molecule has 6 rings (SSSR count). The van der Waals surface area contributed by atoms with Gasteiger partial charge in [0, 0.05) is 30.2 Å². The number of rotatable bonds is 11. The first-order valence-corrected chi connectivity index (χ1v) is 15.5. The van der Waals surface area contributed by atoms with Crippen LogP contribution >= 0.6 is 15.9 Å². The molecule has 9 nitrogen and oxygen atoms in total. The van der Waals surface area contributed by atoms with Crippen LogP contribution in [0.2, 0.25) is 0 Å². The van der Waals surface area contributed by atoms with Crippen molar-refractivity contribution in [1.29, 1.82) is 0 Å². The van der Waals surface area contributed by atoms with Gasteiger partial charge < -0.3 is 23.6 Å². The molecule has 2 aromatic heterocycles. The van der Waals surface area contributed by atoms with Crippen LogP contribution < -0.4 is 9.47 Å². The number of pyridine rings is 1. The van der Waals surface area contributed by atoms with Crippen molar-refractivity contribution in [2.24, 2.45) is 5.41 Å². The SMILES string of the molecule is [C-]#[N+]CC1(Cn2c(CN3CCC(Oc4cccc(COc5ccc(Br)cc5F)n4)CC3)nc3ccc(C(=O)OC)cc32)CC1. The molecular weight excluding hydrogens is 629 g/mol. The molecule has 1 saturated heterocycles. The summed E-state index contributed by atoms with van der Waals surface area (Å²) in [6.07, 6.45) is 3.74. The molecule has 1 aliphatic heterocycles. The Morgan fingerprint density at radius 3 is 2.68 bits per heavy atom. The highest BCUT2D eigenvalue weighted by atomic mass is 79.9. The number of carbonyl (C=O) groups excluding carboxylic acids is 1. The predicted molar refractivity (Wildman–Crippen MR) is 166 cm³/mol. The average Bonchev–Trinajstić information content (AvgIpc) is 3.71. The van der Waals surface area contributed by atoms with Crippen molar-refractivity contribution < 1.29 is 23.4 Å². The van der Waals surface area contributed by atoms with Crippen LogP contribution in [0.15, 0.2) is 59.1 Å². The Hall–Kier alpha value is -4.01. The molecule has 0 radical (unpaired) electrons.